The van der Waals surface area contributed by atoms with Gasteiger partial charge in [0.1, 0.15) is 0 Å². The van der Waals surface area contributed by atoms with E-state index in [9.17, 15) is 30.3 Å². The third kappa shape index (κ3) is 2.17. The Labute approximate surface area is 91.6 Å². The molecule has 0 fully saturated rings. The minimum atomic E-state index is -1.12. The van der Waals surface area contributed by atoms with E-state index in [1.807, 2.05) is 0 Å². The average Bonchev–Trinajstić information content (AvgIpc) is 2.26. The Balaban J connectivity index is 3.68. The molecule has 0 heterocycles. The van der Waals surface area contributed by atoms with Crippen LogP contribution < -0.4 is 0 Å². The van der Waals surface area contributed by atoms with Gasteiger partial charge in [0, 0.05) is 0 Å². The molecular weight excluding hydrogens is 238 g/mol. The highest BCUT2D eigenvalue weighted by Gasteiger charge is 2.28. The van der Waals surface area contributed by atoms with Gasteiger partial charge in [-0.05, 0) is 0 Å². The van der Waals surface area contributed by atoms with Gasteiger partial charge >= 0.3 is 11.4 Å². The van der Waals surface area contributed by atoms with Gasteiger partial charge in [-0.1, -0.05) is 0 Å². The van der Waals surface area contributed by atoms with Gasteiger partial charge in [0.05, 0.1) is 26.9 Å². The van der Waals surface area contributed by atoms with Crippen LogP contribution >= 0.6 is 0 Å². The van der Waals surface area contributed by atoms with Gasteiger partial charge < -0.3 is 10.6 Å². The van der Waals surface area contributed by atoms with Crippen molar-refractivity contribution >= 4 is 22.7 Å². The number of hydrogen-bond donors (Lipinski definition) is 0. The summed E-state index contributed by atoms with van der Waals surface area (Å²) < 4.78 is 0. The standard InChI is InChI=1S/C6H2N5O6/c7-8-6-4(10(14)15)1-3(9(12)13)2-5(6)11(16)17/h1-2H/q-1. The molecule has 0 N–H and O–H groups in total. The molecule has 0 bridgehead atoms. The van der Waals surface area contributed by atoms with E-state index in [2.05, 4.69) is 5.11 Å². The van der Waals surface area contributed by atoms with Crippen LogP contribution in [-0.2, 0) is 0 Å². The first kappa shape index (κ1) is 12.1. The lowest BCUT2D eigenvalue weighted by molar-refractivity contribution is -0.402. The molecule has 0 unspecified atom stereocenters. The predicted octanol–water partition coefficient (Wildman–Crippen LogP) is 2.06. The molecule has 0 spiro atoms. The fourth-order valence-corrected chi connectivity index (χ4v) is 1.08. The first-order chi connectivity index (χ1) is 7.88. The fourth-order valence-electron chi connectivity index (χ4n) is 1.08. The Kier molecular flexibility index (Phi) is 3.03. The van der Waals surface area contributed by atoms with Gasteiger partial charge in [-0.15, -0.1) is 0 Å². The SMILES string of the molecule is [N-]=Nc1c([N+](=O)[O-])cc([N+](=O)[O-])cc1[N+](=O)[O-]. The number of hydrogen-bond acceptors (Lipinski definition) is 7. The highest BCUT2D eigenvalue weighted by molar-refractivity contribution is 5.73. The van der Waals surface area contributed by atoms with Gasteiger partial charge in [-0.3, -0.25) is 30.3 Å². The second-order valence-corrected chi connectivity index (χ2v) is 2.70. The molecule has 11 heteroatoms. The lowest BCUT2D eigenvalue weighted by atomic mass is 10.2. The molecule has 0 atom stereocenters. The second-order valence-electron chi connectivity index (χ2n) is 2.70. The molecule has 0 amide bonds. The number of benzene rings is 1. The van der Waals surface area contributed by atoms with Gasteiger partial charge in [0.15, 0.2) is 5.69 Å². The molecule has 1 aromatic rings. The van der Waals surface area contributed by atoms with Crippen molar-refractivity contribution in [2.45, 2.75) is 0 Å². The number of non-ortho nitro benzene ring substituents is 1. The van der Waals surface area contributed by atoms with Crippen LogP contribution in [0.2, 0.25) is 0 Å². The lowest BCUT2D eigenvalue weighted by Crippen LogP contribution is -1.97. The van der Waals surface area contributed by atoms with Gasteiger partial charge in [-0.2, -0.15) is 0 Å². The lowest BCUT2D eigenvalue weighted by Gasteiger charge is -2.01. The molecule has 0 saturated carbocycles. The summed E-state index contributed by atoms with van der Waals surface area (Å²) in [5, 5.41) is 33.9. The van der Waals surface area contributed by atoms with Gasteiger partial charge in [0.25, 0.3) is 5.69 Å². The number of nitrogens with zero attached hydrogens (tertiary/aromatic N) is 5. The maximum absolute atomic E-state index is 10.5. The van der Waals surface area contributed by atoms with E-state index in [1.54, 1.807) is 0 Å². The summed E-state index contributed by atoms with van der Waals surface area (Å²) >= 11 is 0. The largest absolute Gasteiger partial charge is 0.706 e. The van der Waals surface area contributed by atoms with Crippen LogP contribution in [0.15, 0.2) is 17.2 Å². The molecule has 1 aromatic carbocycles. The first-order valence-corrected chi connectivity index (χ1v) is 3.84. The molecule has 17 heavy (non-hydrogen) atoms. The van der Waals surface area contributed by atoms with Crippen molar-refractivity contribution < 1.29 is 14.8 Å². The minimum absolute atomic E-state index is 0.474. The molecule has 0 aliphatic heterocycles. The maximum atomic E-state index is 10.5. The summed E-state index contributed by atoms with van der Waals surface area (Å²) in [5.41, 5.74) is 4.66. The van der Waals surface area contributed by atoms with Crippen molar-refractivity contribution in [3.05, 3.63) is 48.0 Å². The zero-order valence-electron chi connectivity index (χ0n) is 7.84. The van der Waals surface area contributed by atoms with Crippen LogP contribution in [0, 0.1) is 30.3 Å². The second kappa shape index (κ2) is 4.26. The van der Waals surface area contributed by atoms with Crippen LogP contribution in [-0.4, -0.2) is 14.8 Å². The van der Waals surface area contributed by atoms with Gasteiger partial charge in [-0.25, -0.2) is 0 Å². The molecule has 11 nitrogen and oxygen atoms in total. The zero-order valence-corrected chi connectivity index (χ0v) is 7.84. The highest BCUT2D eigenvalue weighted by atomic mass is 16.6. The van der Waals surface area contributed by atoms with Crippen LogP contribution in [0.25, 0.3) is 5.53 Å². The van der Waals surface area contributed by atoms with Crippen molar-refractivity contribution in [3.8, 4) is 0 Å². The third-order valence-corrected chi connectivity index (χ3v) is 1.76. The van der Waals surface area contributed by atoms with E-state index < -0.39 is 37.5 Å². The summed E-state index contributed by atoms with van der Waals surface area (Å²) in [6.07, 6.45) is 0. The summed E-state index contributed by atoms with van der Waals surface area (Å²) in [7, 11) is 0. The minimum Gasteiger partial charge on any atom is -0.706 e. The summed E-state index contributed by atoms with van der Waals surface area (Å²) in [5.74, 6) is 0. The predicted molar refractivity (Wildman–Crippen MR) is 51.9 cm³/mol. The molecule has 0 aromatic heterocycles. The van der Waals surface area contributed by atoms with Crippen LogP contribution in [0.4, 0.5) is 22.7 Å². The van der Waals surface area contributed by atoms with E-state index >= 15 is 0 Å². The van der Waals surface area contributed by atoms with Crippen molar-refractivity contribution in [1.29, 1.82) is 0 Å². The number of nitro benzene ring substituents is 3. The fraction of sp³-hybridized carbons (Fsp3) is 0. The summed E-state index contributed by atoms with van der Waals surface area (Å²) in [6.45, 7) is 0. The van der Waals surface area contributed by atoms with E-state index in [4.69, 9.17) is 5.53 Å². The van der Waals surface area contributed by atoms with E-state index in [0.29, 0.717) is 12.1 Å². The topological polar surface area (TPSA) is 164 Å². The maximum Gasteiger partial charge on any atom is 0.307 e. The molecule has 0 aliphatic rings. The quantitative estimate of drug-likeness (QED) is 0.443. The first-order valence-electron chi connectivity index (χ1n) is 3.84. The van der Waals surface area contributed by atoms with Crippen LogP contribution in [0.3, 0.4) is 0 Å². The Hall–Kier alpha value is -2.98. The van der Waals surface area contributed by atoms with Crippen LogP contribution in [0.1, 0.15) is 0 Å². The summed E-state index contributed by atoms with van der Waals surface area (Å²) in [4.78, 5) is 28.2. The Morgan fingerprint density at radius 2 is 1.35 bits per heavy atom. The van der Waals surface area contributed by atoms with Crippen LogP contribution in [0.5, 0.6) is 0 Å². The molecule has 0 saturated heterocycles. The van der Waals surface area contributed by atoms with Crippen molar-refractivity contribution in [2.24, 2.45) is 5.11 Å². The smallest absolute Gasteiger partial charge is 0.307 e. The van der Waals surface area contributed by atoms with Gasteiger partial charge in [0.2, 0.25) is 0 Å². The molecule has 0 aliphatic carbocycles. The average molecular weight is 240 g/mol. The Morgan fingerprint density at radius 3 is 1.59 bits per heavy atom. The normalized spacial score (nSPS) is 9.65. The Bertz CT molecular complexity index is 505. The van der Waals surface area contributed by atoms with Crippen molar-refractivity contribution in [2.75, 3.05) is 0 Å². The monoisotopic (exact) mass is 240 g/mol. The third-order valence-electron chi connectivity index (χ3n) is 1.76. The zero-order chi connectivity index (χ0) is 13.2. The molecular formula is C6H2N5O6-. The molecule has 0 radical (unpaired) electrons. The Morgan fingerprint density at radius 1 is 0.941 bits per heavy atom. The van der Waals surface area contributed by atoms with Crippen molar-refractivity contribution in [1.82, 2.24) is 0 Å². The molecule has 88 valence electrons. The number of rotatable bonds is 4. The van der Waals surface area contributed by atoms with E-state index in [0.717, 1.165) is 0 Å². The summed E-state index contributed by atoms with van der Waals surface area (Å²) in [6, 6.07) is 0.949. The van der Waals surface area contributed by atoms with E-state index in [1.165, 1.54) is 0 Å². The molecule has 1 rings (SSSR count). The van der Waals surface area contributed by atoms with Crippen molar-refractivity contribution in [3.63, 3.8) is 0 Å². The van der Waals surface area contributed by atoms with E-state index in [-0.39, 0.29) is 0 Å². The highest BCUT2D eigenvalue weighted by Crippen LogP contribution is 2.40. The number of nitro groups is 3.